The molecule has 5 rings (SSSR count). The third-order valence-corrected chi connectivity index (χ3v) is 6.80. The van der Waals surface area contributed by atoms with E-state index in [0.717, 1.165) is 49.1 Å². The summed E-state index contributed by atoms with van der Waals surface area (Å²) in [6.45, 7) is 9.07. The molecule has 9 nitrogen and oxygen atoms in total. The quantitative estimate of drug-likeness (QED) is 0.616. The molecule has 2 N–H and O–H groups in total. The number of aliphatic hydroxyl groups is 1. The fourth-order valence-corrected chi connectivity index (χ4v) is 4.71. The van der Waals surface area contributed by atoms with Gasteiger partial charge in [-0.15, -0.1) is 0 Å². The minimum Gasteiger partial charge on any atom is -0.395 e. The summed E-state index contributed by atoms with van der Waals surface area (Å²) < 4.78 is 1.77. The van der Waals surface area contributed by atoms with Gasteiger partial charge in [0.05, 0.1) is 6.61 Å². The molecule has 0 radical (unpaired) electrons. The second-order valence-electron chi connectivity index (χ2n) is 9.50. The molecule has 0 unspecified atom stereocenters. The summed E-state index contributed by atoms with van der Waals surface area (Å²) in [4.78, 5) is 16.3. The van der Waals surface area contributed by atoms with Gasteiger partial charge in [0.15, 0.2) is 5.82 Å². The van der Waals surface area contributed by atoms with Crippen LogP contribution in [0.3, 0.4) is 0 Å². The Balaban J connectivity index is 1.40. The van der Waals surface area contributed by atoms with E-state index in [1.54, 1.807) is 4.68 Å². The maximum Gasteiger partial charge on any atom is 0.229 e. The Morgan fingerprint density at radius 2 is 1.91 bits per heavy atom. The fraction of sp³-hybridized carbons (Fsp3) is 0.458. The first kappa shape index (κ1) is 21.7. The summed E-state index contributed by atoms with van der Waals surface area (Å²) in [5.41, 5.74) is 3.96. The highest BCUT2D eigenvalue weighted by atomic mass is 16.3. The molecule has 2 aliphatic heterocycles. The van der Waals surface area contributed by atoms with Crippen molar-refractivity contribution < 1.29 is 5.11 Å². The Kier molecular flexibility index (Phi) is 5.46. The molecule has 0 spiro atoms. The summed E-state index contributed by atoms with van der Waals surface area (Å²) in [5.74, 6) is 2.13. The zero-order valence-corrected chi connectivity index (χ0v) is 19.8. The second kappa shape index (κ2) is 8.31. The standard InChI is InChI=1S/C24H32N8O/c1-17-13-18(5-6-20(17)31-11-9-29(3)10-12-31)26-23-25-14-19-22(27-23)32(15-24(19,2)16-33)21-7-8-30(4)28-21/h5-8,13-14,33H,9-12,15-16H2,1-4H3,(H,25,26,27)/t24-/m0/s1. The Hall–Kier alpha value is -3.17. The molecule has 3 aromatic rings. The lowest BCUT2D eigenvalue weighted by molar-refractivity contribution is 0.216. The van der Waals surface area contributed by atoms with Gasteiger partial charge in [0.25, 0.3) is 0 Å². The van der Waals surface area contributed by atoms with E-state index < -0.39 is 5.41 Å². The van der Waals surface area contributed by atoms with E-state index >= 15 is 0 Å². The highest BCUT2D eigenvalue weighted by Crippen LogP contribution is 2.42. The lowest BCUT2D eigenvalue weighted by atomic mass is 9.87. The van der Waals surface area contributed by atoms with E-state index in [1.165, 1.54) is 11.3 Å². The molecule has 0 saturated carbocycles. The molecule has 4 heterocycles. The number of likely N-dealkylation sites (N-methyl/N-ethyl adjacent to an activating group) is 1. The number of aromatic nitrogens is 4. The first-order chi connectivity index (χ1) is 15.9. The van der Waals surface area contributed by atoms with Gasteiger partial charge in [0.2, 0.25) is 5.95 Å². The molecule has 174 valence electrons. The number of nitrogens with zero attached hydrogens (tertiary/aromatic N) is 7. The van der Waals surface area contributed by atoms with Gasteiger partial charge < -0.3 is 25.1 Å². The van der Waals surface area contributed by atoms with E-state index in [2.05, 4.69) is 62.3 Å². The van der Waals surface area contributed by atoms with Gasteiger partial charge in [-0.05, 0) is 37.7 Å². The largest absolute Gasteiger partial charge is 0.395 e. The van der Waals surface area contributed by atoms with Crippen molar-refractivity contribution in [3.05, 3.63) is 47.8 Å². The Labute approximate surface area is 194 Å². The molecule has 2 aliphatic rings. The maximum absolute atomic E-state index is 10.1. The Bertz CT molecular complexity index is 1150. The van der Waals surface area contributed by atoms with E-state index in [1.807, 2.05) is 32.4 Å². The van der Waals surface area contributed by atoms with Gasteiger partial charge in [0.1, 0.15) is 5.82 Å². The summed E-state index contributed by atoms with van der Waals surface area (Å²) in [6.07, 6.45) is 3.74. The summed E-state index contributed by atoms with van der Waals surface area (Å²) in [6, 6.07) is 8.38. The maximum atomic E-state index is 10.1. The number of fused-ring (bicyclic) bond motifs is 1. The predicted octanol–water partition coefficient (Wildman–Crippen LogP) is 2.42. The van der Waals surface area contributed by atoms with Crippen LogP contribution < -0.4 is 15.1 Å². The third-order valence-electron chi connectivity index (χ3n) is 6.80. The topological polar surface area (TPSA) is 85.6 Å². The number of aryl methyl sites for hydroxylation is 2. The number of nitrogens with one attached hydrogen (secondary N) is 1. The van der Waals surface area contributed by atoms with Gasteiger partial charge in [-0.1, -0.05) is 6.92 Å². The van der Waals surface area contributed by atoms with Crippen LogP contribution in [0.5, 0.6) is 0 Å². The summed E-state index contributed by atoms with van der Waals surface area (Å²) in [5, 5.41) is 18.0. The summed E-state index contributed by atoms with van der Waals surface area (Å²) in [7, 11) is 4.07. The molecule has 1 fully saturated rings. The predicted molar refractivity (Wildman–Crippen MR) is 131 cm³/mol. The van der Waals surface area contributed by atoms with Gasteiger partial charge in [-0.3, -0.25) is 4.68 Å². The average molecular weight is 449 g/mol. The van der Waals surface area contributed by atoms with Crippen LogP contribution in [0.2, 0.25) is 0 Å². The molecule has 33 heavy (non-hydrogen) atoms. The SMILES string of the molecule is Cc1cc(Nc2ncc3c(n2)N(c2ccn(C)n2)C[C@@]3(C)CO)ccc1N1CCN(C)CC1. The van der Waals surface area contributed by atoms with Gasteiger partial charge in [-0.2, -0.15) is 10.1 Å². The number of benzene rings is 1. The molecular weight excluding hydrogens is 416 g/mol. The van der Waals surface area contributed by atoms with E-state index in [4.69, 9.17) is 4.98 Å². The van der Waals surface area contributed by atoms with Crippen LogP contribution in [0.15, 0.2) is 36.7 Å². The molecular formula is C24H32N8O. The van der Waals surface area contributed by atoms with Crippen molar-refractivity contribution >= 4 is 29.0 Å². The molecule has 0 amide bonds. The van der Waals surface area contributed by atoms with Crippen LogP contribution in [0.25, 0.3) is 0 Å². The van der Waals surface area contributed by atoms with Crippen molar-refractivity contribution in [3.8, 4) is 0 Å². The number of piperazine rings is 1. The monoisotopic (exact) mass is 448 g/mol. The van der Waals surface area contributed by atoms with Crippen LogP contribution in [0.4, 0.5) is 29.0 Å². The highest BCUT2D eigenvalue weighted by molar-refractivity contribution is 5.69. The molecule has 0 aliphatic carbocycles. The number of aliphatic hydroxyl groups excluding tert-OH is 1. The fourth-order valence-electron chi connectivity index (χ4n) is 4.71. The van der Waals surface area contributed by atoms with Crippen molar-refractivity contribution in [2.45, 2.75) is 19.3 Å². The first-order valence-corrected chi connectivity index (χ1v) is 11.4. The zero-order valence-electron chi connectivity index (χ0n) is 19.8. The average Bonchev–Trinajstić information content (AvgIpc) is 3.36. The molecule has 1 saturated heterocycles. The number of rotatable bonds is 5. The molecule has 1 atom stereocenters. The summed E-state index contributed by atoms with van der Waals surface area (Å²) >= 11 is 0. The van der Waals surface area contributed by atoms with E-state index in [-0.39, 0.29) is 6.61 Å². The Morgan fingerprint density at radius 3 is 2.58 bits per heavy atom. The first-order valence-electron chi connectivity index (χ1n) is 11.4. The molecule has 2 aromatic heterocycles. The van der Waals surface area contributed by atoms with Crippen LogP contribution in [0, 0.1) is 6.92 Å². The van der Waals surface area contributed by atoms with Crippen molar-refractivity contribution in [3.63, 3.8) is 0 Å². The van der Waals surface area contributed by atoms with Crippen molar-refractivity contribution in [1.29, 1.82) is 0 Å². The third kappa shape index (κ3) is 4.02. The van der Waals surface area contributed by atoms with Crippen molar-refractivity contribution in [2.75, 3.05) is 61.5 Å². The van der Waals surface area contributed by atoms with Crippen LogP contribution in [0.1, 0.15) is 18.1 Å². The molecule has 1 aromatic carbocycles. The lowest BCUT2D eigenvalue weighted by Gasteiger charge is -2.35. The minimum atomic E-state index is -0.438. The number of anilines is 5. The van der Waals surface area contributed by atoms with Crippen molar-refractivity contribution in [1.82, 2.24) is 24.6 Å². The number of hydrogen-bond acceptors (Lipinski definition) is 8. The lowest BCUT2D eigenvalue weighted by Crippen LogP contribution is -2.44. The van der Waals surface area contributed by atoms with Crippen LogP contribution in [-0.2, 0) is 12.5 Å². The molecule has 0 bridgehead atoms. The van der Waals surface area contributed by atoms with Gasteiger partial charge in [-0.25, -0.2) is 4.98 Å². The van der Waals surface area contributed by atoms with Crippen LogP contribution in [-0.4, -0.2) is 76.1 Å². The minimum absolute atomic E-state index is 0.0203. The normalized spacial score (nSPS) is 20.9. The van der Waals surface area contributed by atoms with Crippen LogP contribution >= 0.6 is 0 Å². The van der Waals surface area contributed by atoms with Crippen molar-refractivity contribution in [2.24, 2.45) is 7.05 Å². The van der Waals surface area contributed by atoms with E-state index in [9.17, 15) is 5.11 Å². The smallest absolute Gasteiger partial charge is 0.229 e. The van der Waals surface area contributed by atoms with E-state index in [0.29, 0.717) is 12.5 Å². The van der Waals surface area contributed by atoms with Gasteiger partial charge in [0, 0.05) is 80.6 Å². The highest BCUT2D eigenvalue weighted by Gasteiger charge is 2.41. The zero-order chi connectivity index (χ0) is 23.2. The molecule has 9 heteroatoms. The number of hydrogen-bond donors (Lipinski definition) is 2. The Morgan fingerprint density at radius 1 is 1.12 bits per heavy atom. The second-order valence-corrected chi connectivity index (χ2v) is 9.50. The van der Waals surface area contributed by atoms with Gasteiger partial charge >= 0.3 is 0 Å².